The summed E-state index contributed by atoms with van der Waals surface area (Å²) in [7, 11) is 0. The lowest BCUT2D eigenvalue weighted by molar-refractivity contribution is 0.0947. The first-order chi connectivity index (χ1) is 7.07. The number of carbonyl (C=O) groups excluding carboxylic acids is 1. The highest BCUT2D eigenvalue weighted by atomic mass is 35.5. The van der Waals surface area contributed by atoms with E-state index in [2.05, 4.69) is 5.32 Å². The van der Waals surface area contributed by atoms with E-state index >= 15 is 0 Å². The third-order valence-electron chi connectivity index (χ3n) is 1.89. The maximum Gasteiger partial charge on any atom is 0.257 e. The van der Waals surface area contributed by atoms with E-state index in [0.717, 1.165) is 6.07 Å². The predicted octanol–water partition coefficient (Wildman–Crippen LogP) is 2.24. The molecule has 0 heterocycles. The van der Waals surface area contributed by atoms with Crippen LogP contribution in [0.3, 0.4) is 0 Å². The topological polar surface area (TPSA) is 29.1 Å². The average Bonchev–Trinajstić information content (AvgIpc) is 2.21. The lowest BCUT2D eigenvalue weighted by atomic mass is 10.1. The van der Waals surface area contributed by atoms with Gasteiger partial charge in [0.05, 0.1) is 0 Å². The molecule has 0 unspecified atom stereocenters. The van der Waals surface area contributed by atoms with Gasteiger partial charge in [-0.2, -0.15) is 0 Å². The first-order valence-electron chi connectivity index (χ1n) is 4.36. The van der Waals surface area contributed by atoms with E-state index in [1.807, 2.05) is 0 Å². The summed E-state index contributed by atoms with van der Waals surface area (Å²) in [5, 5.41) is 2.31. The molecule has 0 aromatic heterocycles. The normalized spacial score (nSPS) is 10.1. The molecule has 0 spiro atoms. The monoisotopic (exact) mass is 233 g/mol. The predicted molar refractivity (Wildman–Crippen MR) is 54.1 cm³/mol. The van der Waals surface area contributed by atoms with Gasteiger partial charge in [0, 0.05) is 12.4 Å². The molecule has 0 atom stereocenters. The zero-order valence-corrected chi connectivity index (χ0v) is 8.87. The highest BCUT2D eigenvalue weighted by Gasteiger charge is 2.18. The van der Waals surface area contributed by atoms with Gasteiger partial charge in [-0.05, 0) is 18.6 Å². The summed E-state index contributed by atoms with van der Waals surface area (Å²) in [5.74, 6) is -2.29. The Balaban J connectivity index is 3.02. The lowest BCUT2D eigenvalue weighted by Crippen LogP contribution is -2.27. The quantitative estimate of drug-likeness (QED) is 0.797. The van der Waals surface area contributed by atoms with E-state index in [1.54, 1.807) is 0 Å². The second kappa shape index (κ2) is 5.07. The van der Waals surface area contributed by atoms with Crippen LogP contribution in [0.4, 0.5) is 8.78 Å². The summed E-state index contributed by atoms with van der Waals surface area (Å²) < 4.78 is 26.6. The number of hydrogen-bond acceptors (Lipinski definition) is 1. The third kappa shape index (κ3) is 2.65. The van der Waals surface area contributed by atoms with Gasteiger partial charge in [-0.25, -0.2) is 8.78 Å². The Morgan fingerprint density at radius 2 is 2.13 bits per heavy atom. The van der Waals surface area contributed by atoms with Gasteiger partial charge in [-0.1, -0.05) is 6.07 Å². The van der Waals surface area contributed by atoms with Crippen LogP contribution in [-0.4, -0.2) is 18.3 Å². The highest BCUT2D eigenvalue weighted by molar-refractivity contribution is 6.18. The second-order valence-corrected chi connectivity index (χ2v) is 3.38. The van der Waals surface area contributed by atoms with Crippen LogP contribution in [0.25, 0.3) is 0 Å². The molecule has 1 aromatic rings. The molecule has 2 nitrogen and oxygen atoms in total. The number of hydrogen-bond donors (Lipinski definition) is 1. The number of benzene rings is 1. The van der Waals surface area contributed by atoms with Crippen LogP contribution in [0, 0.1) is 18.6 Å². The van der Waals surface area contributed by atoms with Crippen LogP contribution >= 0.6 is 11.6 Å². The SMILES string of the molecule is Cc1ccc(F)c(C(=O)NCCCl)c1F. The highest BCUT2D eigenvalue weighted by Crippen LogP contribution is 2.15. The van der Waals surface area contributed by atoms with E-state index in [9.17, 15) is 13.6 Å². The molecule has 1 amide bonds. The van der Waals surface area contributed by atoms with Gasteiger partial charge in [0.25, 0.3) is 5.91 Å². The number of amides is 1. The summed E-state index contributed by atoms with van der Waals surface area (Å²) in [4.78, 5) is 11.3. The lowest BCUT2D eigenvalue weighted by Gasteiger charge is -2.07. The van der Waals surface area contributed by atoms with Crippen molar-refractivity contribution in [3.63, 3.8) is 0 Å². The van der Waals surface area contributed by atoms with Crippen molar-refractivity contribution in [2.45, 2.75) is 6.92 Å². The first kappa shape index (κ1) is 11.9. The van der Waals surface area contributed by atoms with Crippen molar-refractivity contribution in [2.24, 2.45) is 0 Å². The summed E-state index contributed by atoms with van der Waals surface area (Å²) in [5.41, 5.74) is -0.326. The maximum atomic E-state index is 13.4. The van der Waals surface area contributed by atoms with E-state index in [0.29, 0.717) is 0 Å². The van der Waals surface area contributed by atoms with Gasteiger partial charge in [0.1, 0.15) is 17.2 Å². The van der Waals surface area contributed by atoms with Gasteiger partial charge < -0.3 is 5.32 Å². The van der Waals surface area contributed by atoms with Crippen molar-refractivity contribution in [3.05, 3.63) is 34.9 Å². The summed E-state index contributed by atoms with van der Waals surface area (Å²) in [6.45, 7) is 1.64. The van der Waals surface area contributed by atoms with E-state index in [4.69, 9.17) is 11.6 Å². The van der Waals surface area contributed by atoms with Crippen molar-refractivity contribution in [1.29, 1.82) is 0 Å². The van der Waals surface area contributed by atoms with Crippen molar-refractivity contribution in [2.75, 3.05) is 12.4 Å². The molecule has 5 heteroatoms. The number of alkyl halides is 1. The van der Waals surface area contributed by atoms with Crippen LogP contribution in [0.2, 0.25) is 0 Å². The molecule has 0 saturated carbocycles. The van der Waals surface area contributed by atoms with Crippen molar-refractivity contribution in [1.82, 2.24) is 5.32 Å². The number of rotatable bonds is 3. The standard InChI is InChI=1S/C10H10ClF2NO/c1-6-2-3-7(12)8(9(6)13)10(15)14-5-4-11/h2-3H,4-5H2,1H3,(H,14,15). The molecule has 0 fully saturated rings. The second-order valence-electron chi connectivity index (χ2n) is 3.00. The minimum atomic E-state index is -0.870. The van der Waals surface area contributed by atoms with Gasteiger partial charge in [0.15, 0.2) is 0 Å². The number of nitrogens with one attached hydrogen (secondary N) is 1. The summed E-state index contributed by atoms with van der Waals surface area (Å²) in [6, 6.07) is 2.34. The van der Waals surface area contributed by atoms with Crippen molar-refractivity contribution in [3.8, 4) is 0 Å². The van der Waals surface area contributed by atoms with Crippen LogP contribution in [0.15, 0.2) is 12.1 Å². The molecular formula is C10H10ClF2NO. The Morgan fingerprint density at radius 3 is 2.73 bits per heavy atom. The number of aryl methyl sites for hydroxylation is 1. The maximum absolute atomic E-state index is 13.4. The van der Waals surface area contributed by atoms with Crippen LogP contribution in [-0.2, 0) is 0 Å². The zero-order chi connectivity index (χ0) is 11.4. The molecule has 0 bridgehead atoms. The van der Waals surface area contributed by atoms with Gasteiger partial charge in [-0.3, -0.25) is 4.79 Å². The van der Waals surface area contributed by atoms with Gasteiger partial charge in [-0.15, -0.1) is 11.6 Å². The minimum Gasteiger partial charge on any atom is -0.351 e. The Labute approximate surface area is 91.2 Å². The molecule has 0 saturated heterocycles. The molecular weight excluding hydrogens is 224 g/mol. The van der Waals surface area contributed by atoms with E-state index in [1.165, 1.54) is 13.0 Å². The number of halogens is 3. The molecule has 0 aliphatic carbocycles. The van der Waals surface area contributed by atoms with Crippen molar-refractivity contribution < 1.29 is 13.6 Å². The Bertz CT molecular complexity index is 382. The minimum absolute atomic E-state index is 0.174. The van der Waals surface area contributed by atoms with Gasteiger partial charge >= 0.3 is 0 Å². The summed E-state index contributed by atoms with van der Waals surface area (Å²) in [6.07, 6.45) is 0. The molecule has 82 valence electrons. The van der Waals surface area contributed by atoms with Crippen LogP contribution < -0.4 is 5.32 Å². The molecule has 1 N–H and O–H groups in total. The smallest absolute Gasteiger partial charge is 0.257 e. The molecule has 0 radical (unpaired) electrons. The fraction of sp³-hybridized carbons (Fsp3) is 0.300. The first-order valence-corrected chi connectivity index (χ1v) is 4.90. The third-order valence-corrected chi connectivity index (χ3v) is 2.08. The van der Waals surface area contributed by atoms with E-state index < -0.39 is 23.1 Å². The van der Waals surface area contributed by atoms with Crippen molar-refractivity contribution >= 4 is 17.5 Å². The van der Waals surface area contributed by atoms with Gasteiger partial charge in [0.2, 0.25) is 0 Å². The Morgan fingerprint density at radius 1 is 1.47 bits per heavy atom. The van der Waals surface area contributed by atoms with Crippen LogP contribution in [0.1, 0.15) is 15.9 Å². The Hall–Kier alpha value is -1.16. The average molecular weight is 234 g/mol. The fourth-order valence-electron chi connectivity index (χ4n) is 1.11. The summed E-state index contributed by atoms with van der Waals surface area (Å²) >= 11 is 5.34. The largest absolute Gasteiger partial charge is 0.351 e. The molecule has 1 rings (SSSR count). The molecule has 0 aliphatic rings. The molecule has 1 aromatic carbocycles. The molecule has 15 heavy (non-hydrogen) atoms. The zero-order valence-electron chi connectivity index (χ0n) is 8.11. The van der Waals surface area contributed by atoms with Crippen LogP contribution in [0.5, 0.6) is 0 Å². The molecule has 0 aliphatic heterocycles. The number of carbonyl (C=O) groups is 1. The Kier molecular flexibility index (Phi) is 4.03. The van der Waals surface area contributed by atoms with E-state index in [-0.39, 0.29) is 18.0 Å². The fourth-order valence-corrected chi connectivity index (χ4v) is 1.21.